The van der Waals surface area contributed by atoms with Gasteiger partial charge in [0.15, 0.2) is 5.96 Å². The van der Waals surface area contributed by atoms with Crippen LogP contribution in [0.5, 0.6) is 0 Å². The lowest BCUT2D eigenvalue weighted by Crippen LogP contribution is -2.54. The fourth-order valence-corrected chi connectivity index (χ4v) is 3.38. The average molecular weight is 377 g/mol. The molecule has 8 nitrogen and oxygen atoms in total. The van der Waals surface area contributed by atoms with Crippen LogP contribution in [-0.4, -0.2) is 78.7 Å². The van der Waals surface area contributed by atoms with Crippen LogP contribution in [0.1, 0.15) is 36.8 Å². The van der Waals surface area contributed by atoms with Gasteiger partial charge < -0.3 is 20.1 Å². The van der Waals surface area contributed by atoms with Gasteiger partial charge in [-0.05, 0) is 40.0 Å². The highest BCUT2D eigenvalue weighted by molar-refractivity contribution is 5.80. The Morgan fingerprint density at radius 1 is 1.26 bits per heavy atom. The van der Waals surface area contributed by atoms with Gasteiger partial charge in [0.2, 0.25) is 5.91 Å². The third-order valence-electron chi connectivity index (χ3n) is 5.12. The Hall–Kier alpha value is -2.09. The highest BCUT2D eigenvalue weighted by Crippen LogP contribution is 2.18. The molecular formula is C19H32N6O2. The fraction of sp³-hybridized carbons (Fsp3) is 0.737. The molecule has 3 rings (SSSR count). The van der Waals surface area contributed by atoms with Crippen molar-refractivity contribution in [1.29, 1.82) is 0 Å². The van der Waals surface area contributed by atoms with Crippen LogP contribution in [0, 0.1) is 13.8 Å². The van der Waals surface area contributed by atoms with Crippen molar-refractivity contribution in [1.82, 2.24) is 25.6 Å². The Balaban J connectivity index is 1.47. The quantitative estimate of drug-likeness (QED) is 0.538. The first-order chi connectivity index (χ1) is 13.1. The third kappa shape index (κ3) is 5.69. The Morgan fingerprint density at radius 2 is 2.00 bits per heavy atom. The maximum Gasteiger partial charge on any atom is 0.234 e. The van der Waals surface area contributed by atoms with E-state index in [0.717, 1.165) is 75.0 Å². The highest BCUT2D eigenvalue weighted by Gasteiger charge is 2.25. The molecule has 8 heteroatoms. The van der Waals surface area contributed by atoms with E-state index in [2.05, 4.69) is 32.5 Å². The summed E-state index contributed by atoms with van der Waals surface area (Å²) >= 11 is 0. The number of aromatic nitrogens is 1. The number of piperazine rings is 1. The Labute approximate surface area is 161 Å². The summed E-state index contributed by atoms with van der Waals surface area (Å²) in [4.78, 5) is 21.3. The summed E-state index contributed by atoms with van der Waals surface area (Å²) in [5.74, 6) is 1.99. The molecule has 1 aromatic rings. The molecule has 2 N–H and O–H groups in total. The number of carbonyl (C=O) groups is 1. The van der Waals surface area contributed by atoms with Crippen molar-refractivity contribution in [3.05, 3.63) is 17.0 Å². The summed E-state index contributed by atoms with van der Waals surface area (Å²) in [7, 11) is 0. The van der Waals surface area contributed by atoms with Crippen LogP contribution in [-0.2, 0) is 11.2 Å². The summed E-state index contributed by atoms with van der Waals surface area (Å²) < 4.78 is 5.23. The van der Waals surface area contributed by atoms with Gasteiger partial charge in [0.25, 0.3) is 0 Å². The van der Waals surface area contributed by atoms with E-state index >= 15 is 0 Å². The zero-order valence-corrected chi connectivity index (χ0v) is 16.8. The molecule has 0 spiro atoms. The average Bonchev–Trinajstić information content (AvgIpc) is 3.40. The molecule has 1 saturated heterocycles. The molecule has 0 radical (unpaired) electrons. The van der Waals surface area contributed by atoms with Crippen LogP contribution in [0.15, 0.2) is 9.52 Å². The van der Waals surface area contributed by atoms with Crippen LogP contribution in [0.3, 0.4) is 0 Å². The number of carbonyl (C=O) groups excluding carboxylic acids is 1. The van der Waals surface area contributed by atoms with E-state index in [4.69, 9.17) is 9.52 Å². The summed E-state index contributed by atoms with van der Waals surface area (Å²) in [6.07, 6.45) is 3.10. The molecule has 27 heavy (non-hydrogen) atoms. The van der Waals surface area contributed by atoms with Crippen molar-refractivity contribution in [2.24, 2.45) is 4.99 Å². The molecule has 0 bridgehead atoms. The second kappa shape index (κ2) is 9.21. The van der Waals surface area contributed by atoms with Crippen LogP contribution < -0.4 is 10.6 Å². The normalized spacial score (nSPS) is 18.6. The highest BCUT2D eigenvalue weighted by atomic mass is 16.5. The number of amides is 1. The molecule has 1 amide bonds. The topological polar surface area (TPSA) is 86.0 Å². The molecule has 1 saturated carbocycles. The van der Waals surface area contributed by atoms with Crippen molar-refractivity contribution in [2.75, 3.05) is 45.8 Å². The van der Waals surface area contributed by atoms with Crippen LogP contribution in [0.2, 0.25) is 0 Å². The number of hydrogen-bond donors (Lipinski definition) is 2. The maximum atomic E-state index is 12.0. The summed E-state index contributed by atoms with van der Waals surface area (Å²) in [5.41, 5.74) is 2.10. The van der Waals surface area contributed by atoms with E-state index in [9.17, 15) is 4.79 Å². The van der Waals surface area contributed by atoms with E-state index in [1.165, 1.54) is 0 Å². The van der Waals surface area contributed by atoms with Gasteiger partial charge >= 0.3 is 0 Å². The molecule has 1 aliphatic heterocycles. The number of hydrogen-bond acceptors (Lipinski definition) is 5. The first kappa shape index (κ1) is 19.7. The van der Waals surface area contributed by atoms with Gasteiger partial charge in [0, 0.05) is 50.9 Å². The second-order valence-electron chi connectivity index (χ2n) is 7.39. The van der Waals surface area contributed by atoms with Gasteiger partial charge in [0.05, 0.1) is 12.2 Å². The second-order valence-corrected chi connectivity index (χ2v) is 7.39. The molecule has 2 heterocycles. The first-order valence-electron chi connectivity index (χ1n) is 10.0. The summed E-state index contributed by atoms with van der Waals surface area (Å²) in [5, 5.41) is 10.5. The van der Waals surface area contributed by atoms with Gasteiger partial charge in [-0.1, -0.05) is 5.16 Å². The molecule has 0 atom stereocenters. The van der Waals surface area contributed by atoms with Gasteiger partial charge in [-0.15, -0.1) is 0 Å². The van der Waals surface area contributed by atoms with Crippen molar-refractivity contribution < 1.29 is 9.32 Å². The monoisotopic (exact) mass is 376 g/mol. The lowest BCUT2D eigenvalue weighted by atomic mass is 10.1. The largest absolute Gasteiger partial charge is 0.361 e. The van der Waals surface area contributed by atoms with Crippen LogP contribution in [0.4, 0.5) is 0 Å². The van der Waals surface area contributed by atoms with E-state index in [1.807, 2.05) is 13.8 Å². The first-order valence-corrected chi connectivity index (χ1v) is 10.0. The number of aliphatic imine (C=N–C) groups is 1. The summed E-state index contributed by atoms with van der Waals surface area (Å²) in [6.45, 7) is 11.6. The predicted octanol–water partition coefficient (Wildman–Crippen LogP) is 0.696. The van der Waals surface area contributed by atoms with Crippen molar-refractivity contribution in [2.45, 2.75) is 46.1 Å². The smallest absolute Gasteiger partial charge is 0.234 e. The Bertz CT molecular complexity index is 640. The van der Waals surface area contributed by atoms with Gasteiger partial charge in [0.1, 0.15) is 5.76 Å². The minimum atomic E-state index is 0.158. The molecule has 1 aromatic heterocycles. The Kier molecular flexibility index (Phi) is 6.71. The molecule has 2 fully saturated rings. The van der Waals surface area contributed by atoms with Crippen LogP contribution in [0.25, 0.3) is 0 Å². The van der Waals surface area contributed by atoms with E-state index in [0.29, 0.717) is 19.1 Å². The van der Waals surface area contributed by atoms with Crippen molar-refractivity contribution in [3.8, 4) is 0 Å². The van der Waals surface area contributed by atoms with E-state index < -0.39 is 0 Å². The number of nitrogens with zero attached hydrogens (tertiary/aromatic N) is 4. The van der Waals surface area contributed by atoms with Gasteiger partial charge in [-0.3, -0.25) is 14.7 Å². The number of nitrogens with one attached hydrogen (secondary N) is 2. The Morgan fingerprint density at radius 3 is 2.59 bits per heavy atom. The minimum absolute atomic E-state index is 0.158. The zero-order valence-electron chi connectivity index (χ0n) is 16.8. The van der Waals surface area contributed by atoms with E-state index in [-0.39, 0.29) is 5.91 Å². The molecule has 0 unspecified atom stereocenters. The van der Waals surface area contributed by atoms with Crippen molar-refractivity contribution >= 4 is 11.9 Å². The third-order valence-corrected chi connectivity index (χ3v) is 5.12. The zero-order chi connectivity index (χ0) is 19.2. The molecule has 2 aliphatic rings. The molecule has 0 aromatic carbocycles. The fourth-order valence-electron chi connectivity index (χ4n) is 3.38. The lowest BCUT2D eigenvalue weighted by Gasteiger charge is -2.36. The minimum Gasteiger partial charge on any atom is -0.361 e. The standard InChI is InChI=1S/C19H32N6O2/c1-4-20-19(21-8-7-17-14(2)23-27-15(17)3)25-11-9-24(10-12-25)13-18(26)22-16-5-6-16/h16H,4-13H2,1-3H3,(H,20,21)(H,22,26). The molecular weight excluding hydrogens is 344 g/mol. The maximum absolute atomic E-state index is 12.0. The molecule has 150 valence electrons. The number of aryl methyl sites for hydroxylation is 2. The van der Waals surface area contributed by atoms with Crippen LogP contribution >= 0.6 is 0 Å². The number of guanidine groups is 1. The SMILES string of the molecule is CCNC(=NCCc1c(C)noc1C)N1CCN(CC(=O)NC2CC2)CC1. The van der Waals surface area contributed by atoms with E-state index in [1.54, 1.807) is 0 Å². The lowest BCUT2D eigenvalue weighted by molar-refractivity contribution is -0.122. The van der Waals surface area contributed by atoms with Gasteiger partial charge in [-0.2, -0.15) is 0 Å². The van der Waals surface area contributed by atoms with Crippen molar-refractivity contribution in [3.63, 3.8) is 0 Å². The molecule has 1 aliphatic carbocycles. The number of rotatable bonds is 7. The van der Waals surface area contributed by atoms with Gasteiger partial charge in [-0.25, -0.2) is 0 Å². The predicted molar refractivity (Wildman–Crippen MR) is 105 cm³/mol. The summed E-state index contributed by atoms with van der Waals surface area (Å²) in [6, 6.07) is 0.434.